The van der Waals surface area contributed by atoms with E-state index in [9.17, 15) is 4.79 Å². The fraction of sp³-hybridized carbons (Fsp3) is 0.750. The summed E-state index contributed by atoms with van der Waals surface area (Å²) in [6, 6.07) is 0. The summed E-state index contributed by atoms with van der Waals surface area (Å²) < 4.78 is 7.07. The van der Waals surface area contributed by atoms with Gasteiger partial charge < -0.3 is 20.7 Å². The van der Waals surface area contributed by atoms with Crippen LogP contribution in [0.15, 0.2) is 6.20 Å². The highest BCUT2D eigenvalue weighted by molar-refractivity contribution is 5.67. The molecule has 2 heterocycles. The van der Waals surface area contributed by atoms with Crippen molar-refractivity contribution in [3.63, 3.8) is 0 Å². The zero-order valence-corrected chi connectivity index (χ0v) is 14.6. The van der Waals surface area contributed by atoms with Gasteiger partial charge in [0.1, 0.15) is 11.4 Å². The predicted octanol–water partition coefficient (Wildman–Crippen LogP) is 2.13. The van der Waals surface area contributed by atoms with Gasteiger partial charge in [-0.25, -0.2) is 4.79 Å². The largest absolute Gasteiger partial charge is 0.444 e. The second kappa shape index (κ2) is 7.10. The molecule has 1 aliphatic heterocycles. The lowest BCUT2D eigenvalue weighted by Crippen LogP contribution is -2.37. The summed E-state index contributed by atoms with van der Waals surface area (Å²) in [5.74, 6) is 1.63. The molecule has 1 aromatic rings. The van der Waals surface area contributed by atoms with Gasteiger partial charge in [0.05, 0.1) is 11.9 Å². The van der Waals surface area contributed by atoms with E-state index >= 15 is 0 Å². The first-order valence-electron chi connectivity index (χ1n) is 8.25. The number of rotatable bonds is 4. The van der Waals surface area contributed by atoms with E-state index in [1.807, 2.05) is 32.5 Å². The van der Waals surface area contributed by atoms with Crippen molar-refractivity contribution in [1.82, 2.24) is 15.1 Å². The number of aryl methyl sites for hydroxylation is 1. The molecule has 1 fully saturated rings. The molecule has 0 unspecified atom stereocenters. The minimum atomic E-state index is -0.446. The van der Waals surface area contributed by atoms with Crippen molar-refractivity contribution in [2.45, 2.75) is 45.6 Å². The van der Waals surface area contributed by atoms with Gasteiger partial charge in [-0.2, -0.15) is 5.10 Å². The van der Waals surface area contributed by atoms with Gasteiger partial charge in [0, 0.05) is 26.7 Å². The van der Waals surface area contributed by atoms with Gasteiger partial charge in [-0.05, 0) is 46.0 Å². The number of hydrogen-bond donors (Lipinski definition) is 2. The fourth-order valence-corrected chi connectivity index (χ4v) is 2.96. The Balaban J connectivity index is 1.70. The molecule has 0 saturated carbocycles. The van der Waals surface area contributed by atoms with Gasteiger partial charge in [-0.3, -0.25) is 4.68 Å². The average Bonchev–Trinajstić information content (AvgIpc) is 2.77. The van der Waals surface area contributed by atoms with Gasteiger partial charge in [-0.15, -0.1) is 0 Å². The lowest BCUT2D eigenvalue weighted by atomic mass is 9.93. The highest BCUT2D eigenvalue weighted by atomic mass is 16.6. The van der Waals surface area contributed by atoms with Crippen molar-refractivity contribution < 1.29 is 9.53 Å². The minimum Gasteiger partial charge on any atom is -0.444 e. The Morgan fingerprint density at radius 3 is 2.61 bits per heavy atom. The van der Waals surface area contributed by atoms with E-state index in [2.05, 4.69) is 15.3 Å². The van der Waals surface area contributed by atoms with Crippen LogP contribution in [0.25, 0.3) is 0 Å². The van der Waals surface area contributed by atoms with Crippen LogP contribution in [0.5, 0.6) is 0 Å². The summed E-state index contributed by atoms with van der Waals surface area (Å²) in [5.41, 5.74) is 6.27. The molecule has 0 aromatic carbocycles. The number of alkyl carbamates (subject to hydrolysis) is 1. The predicted molar refractivity (Wildman–Crippen MR) is 91.4 cm³/mol. The topological polar surface area (TPSA) is 85.4 Å². The van der Waals surface area contributed by atoms with Gasteiger partial charge >= 0.3 is 6.09 Å². The number of hydrogen-bond acceptors (Lipinski definition) is 5. The van der Waals surface area contributed by atoms with E-state index in [1.165, 1.54) is 0 Å². The van der Waals surface area contributed by atoms with E-state index in [1.54, 1.807) is 6.20 Å². The third-order valence-electron chi connectivity index (χ3n) is 4.07. The number of anilines is 2. The normalized spacial score (nSPS) is 16.4. The van der Waals surface area contributed by atoms with E-state index in [4.69, 9.17) is 10.5 Å². The number of nitrogens with one attached hydrogen (secondary N) is 1. The Labute approximate surface area is 138 Å². The molecule has 1 amide bonds. The van der Waals surface area contributed by atoms with Crippen molar-refractivity contribution in [3.05, 3.63) is 6.20 Å². The van der Waals surface area contributed by atoms with Gasteiger partial charge in [0.15, 0.2) is 0 Å². The summed E-state index contributed by atoms with van der Waals surface area (Å²) >= 11 is 0. The highest BCUT2D eigenvalue weighted by Crippen LogP contribution is 2.28. The number of nitrogens with two attached hydrogens (primary N) is 1. The maximum Gasteiger partial charge on any atom is 0.407 e. The standard InChI is InChI=1S/C16H29N5O2/c1-16(2,3)23-15(22)18-8-5-12-6-9-21(10-7-12)14-13(17)11-19-20(14)4/h11-12H,5-10,17H2,1-4H3,(H,18,22). The summed E-state index contributed by atoms with van der Waals surface area (Å²) in [6.45, 7) is 8.21. The smallest absolute Gasteiger partial charge is 0.407 e. The Kier molecular flexibility index (Phi) is 5.38. The van der Waals surface area contributed by atoms with Crippen LogP contribution in [0.4, 0.5) is 16.3 Å². The van der Waals surface area contributed by atoms with Crippen molar-refractivity contribution in [1.29, 1.82) is 0 Å². The van der Waals surface area contributed by atoms with Crippen molar-refractivity contribution in [3.8, 4) is 0 Å². The number of ether oxygens (including phenoxy) is 1. The Bertz CT molecular complexity index is 508. The highest BCUT2D eigenvalue weighted by Gasteiger charge is 2.23. The maximum atomic E-state index is 11.6. The van der Waals surface area contributed by atoms with Crippen LogP contribution in [-0.2, 0) is 11.8 Å². The van der Waals surface area contributed by atoms with Crippen molar-refractivity contribution in [2.75, 3.05) is 30.3 Å². The van der Waals surface area contributed by atoms with Crippen LogP contribution in [0.2, 0.25) is 0 Å². The molecule has 3 N–H and O–H groups in total. The molecule has 0 radical (unpaired) electrons. The molecule has 23 heavy (non-hydrogen) atoms. The number of nitrogen functional groups attached to an aromatic ring is 1. The molecule has 0 atom stereocenters. The second-order valence-electron chi connectivity index (χ2n) is 7.19. The number of carbonyl (C=O) groups is 1. The molecule has 1 saturated heterocycles. The summed E-state index contributed by atoms with van der Waals surface area (Å²) in [4.78, 5) is 13.9. The van der Waals surface area contributed by atoms with Crippen LogP contribution in [-0.4, -0.2) is 41.1 Å². The van der Waals surface area contributed by atoms with Crippen molar-refractivity contribution in [2.24, 2.45) is 13.0 Å². The minimum absolute atomic E-state index is 0.336. The Hall–Kier alpha value is -1.92. The molecular formula is C16H29N5O2. The fourth-order valence-electron chi connectivity index (χ4n) is 2.96. The molecule has 7 heteroatoms. The molecule has 0 bridgehead atoms. The second-order valence-corrected chi connectivity index (χ2v) is 7.19. The van der Waals surface area contributed by atoms with Crippen LogP contribution < -0.4 is 16.0 Å². The average molecular weight is 323 g/mol. The SMILES string of the molecule is Cn1ncc(N)c1N1CCC(CCNC(=O)OC(C)(C)C)CC1. The monoisotopic (exact) mass is 323 g/mol. The number of aromatic nitrogens is 2. The number of piperidine rings is 1. The Morgan fingerprint density at radius 1 is 1.43 bits per heavy atom. The molecule has 0 spiro atoms. The number of carbonyl (C=O) groups excluding carboxylic acids is 1. The molecule has 0 aliphatic carbocycles. The van der Waals surface area contributed by atoms with Crippen LogP contribution in [0.3, 0.4) is 0 Å². The number of nitrogens with zero attached hydrogens (tertiary/aromatic N) is 3. The van der Waals surface area contributed by atoms with E-state index < -0.39 is 5.60 Å². The van der Waals surface area contributed by atoms with E-state index in [-0.39, 0.29) is 6.09 Å². The Morgan fingerprint density at radius 2 is 2.09 bits per heavy atom. The van der Waals surface area contributed by atoms with E-state index in [0.29, 0.717) is 12.5 Å². The molecule has 1 aromatic heterocycles. The summed E-state index contributed by atoms with van der Waals surface area (Å²) in [6.07, 6.45) is 4.54. The molecule has 7 nitrogen and oxygen atoms in total. The first kappa shape index (κ1) is 17.4. The quantitative estimate of drug-likeness (QED) is 0.886. The zero-order chi connectivity index (χ0) is 17.0. The third-order valence-corrected chi connectivity index (χ3v) is 4.07. The van der Waals surface area contributed by atoms with Crippen LogP contribution in [0.1, 0.15) is 40.0 Å². The van der Waals surface area contributed by atoms with Gasteiger partial charge in [0.25, 0.3) is 0 Å². The third kappa shape index (κ3) is 5.04. The molecule has 1 aliphatic rings. The molecule has 2 rings (SSSR count). The van der Waals surface area contributed by atoms with Crippen molar-refractivity contribution >= 4 is 17.6 Å². The lowest BCUT2D eigenvalue weighted by molar-refractivity contribution is 0.0524. The maximum absolute atomic E-state index is 11.6. The zero-order valence-electron chi connectivity index (χ0n) is 14.6. The lowest BCUT2D eigenvalue weighted by Gasteiger charge is -2.33. The summed E-state index contributed by atoms with van der Waals surface area (Å²) in [5, 5.41) is 7.03. The molecule has 130 valence electrons. The van der Waals surface area contributed by atoms with E-state index in [0.717, 1.165) is 43.9 Å². The van der Waals surface area contributed by atoms with Crippen LogP contribution in [0, 0.1) is 5.92 Å². The van der Waals surface area contributed by atoms with Gasteiger partial charge in [0.2, 0.25) is 0 Å². The first-order valence-corrected chi connectivity index (χ1v) is 8.25. The number of amides is 1. The van der Waals surface area contributed by atoms with Gasteiger partial charge in [-0.1, -0.05) is 0 Å². The first-order chi connectivity index (χ1) is 10.8. The summed E-state index contributed by atoms with van der Waals surface area (Å²) in [7, 11) is 1.92. The van der Waals surface area contributed by atoms with Crippen LogP contribution >= 0.6 is 0 Å². The molecular weight excluding hydrogens is 294 g/mol.